The topological polar surface area (TPSA) is 95.2 Å². The van der Waals surface area contributed by atoms with Crippen molar-refractivity contribution in [2.45, 2.75) is 44.6 Å². The summed E-state index contributed by atoms with van der Waals surface area (Å²) in [6.45, 7) is 5.77. The van der Waals surface area contributed by atoms with Gasteiger partial charge >= 0.3 is 0 Å². The molecule has 4 heterocycles. The predicted molar refractivity (Wildman–Crippen MR) is 175 cm³/mol. The third kappa shape index (κ3) is 5.32. The molecule has 1 amide bonds. The summed E-state index contributed by atoms with van der Waals surface area (Å²) >= 11 is 0. The van der Waals surface area contributed by atoms with Gasteiger partial charge < -0.3 is 24.1 Å². The quantitative estimate of drug-likeness (QED) is 0.249. The number of hydrogen-bond donors (Lipinski definition) is 1. The van der Waals surface area contributed by atoms with Crippen LogP contribution in [0.4, 0.5) is 5.69 Å². The normalized spacial score (nSPS) is 19.2. The van der Waals surface area contributed by atoms with Gasteiger partial charge in [-0.25, -0.2) is 4.98 Å². The highest BCUT2D eigenvalue weighted by molar-refractivity contribution is 6.08. The molecule has 5 aromatic rings. The van der Waals surface area contributed by atoms with Crippen molar-refractivity contribution >= 4 is 28.0 Å². The first-order valence-corrected chi connectivity index (χ1v) is 15.7. The molecule has 1 aliphatic carbocycles. The molecule has 1 aliphatic heterocycles. The maximum Gasteiger partial charge on any atom is 0.272 e. The zero-order valence-electron chi connectivity index (χ0n) is 26.4. The van der Waals surface area contributed by atoms with E-state index in [0.717, 1.165) is 84.1 Å². The molecule has 1 saturated heterocycles. The van der Waals surface area contributed by atoms with Crippen molar-refractivity contribution < 1.29 is 19.0 Å². The Morgan fingerprint density at radius 1 is 1.00 bits per heavy atom. The number of carbonyl (C=O) groups excluding carboxylic acids is 1. The van der Waals surface area contributed by atoms with Crippen molar-refractivity contribution in [3.63, 3.8) is 0 Å². The fourth-order valence-electron chi connectivity index (χ4n) is 7.21. The van der Waals surface area contributed by atoms with Crippen LogP contribution in [0.15, 0.2) is 54.9 Å². The van der Waals surface area contributed by atoms with Crippen molar-refractivity contribution in [2.24, 2.45) is 7.05 Å². The molecule has 3 aromatic heterocycles. The molecule has 1 saturated carbocycles. The highest BCUT2D eigenvalue weighted by atomic mass is 16.5. The average Bonchev–Trinajstić information content (AvgIpc) is 3.64. The van der Waals surface area contributed by atoms with Crippen LogP contribution in [0.1, 0.15) is 53.6 Å². The lowest BCUT2D eigenvalue weighted by Crippen LogP contribution is -2.44. The van der Waals surface area contributed by atoms with Crippen molar-refractivity contribution in [3.8, 4) is 22.8 Å². The summed E-state index contributed by atoms with van der Waals surface area (Å²) in [7, 11) is 5.13. The van der Waals surface area contributed by atoms with Crippen LogP contribution in [0.3, 0.4) is 0 Å². The van der Waals surface area contributed by atoms with Crippen LogP contribution in [0, 0.1) is 6.92 Å². The minimum Gasteiger partial charge on any atom is -0.496 e. The Morgan fingerprint density at radius 2 is 1.78 bits per heavy atom. The van der Waals surface area contributed by atoms with E-state index in [1.807, 2.05) is 73.4 Å². The molecule has 45 heavy (non-hydrogen) atoms. The highest BCUT2D eigenvalue weighted by Gasteiger charge is 2.31. The summed E-state index contributed by atoms with van der Waals surface area (Å²) in [4.78, 5) is 26.0. The number of methoxy groups -OCH3 is 2. The molecule has 10 heteroatoms. The Hall–Kier alpha value is -4.41. The third-order valence-electron chi connectivity index (χ3n) is 9.61. The van der Waals surface area contributed by atoms with E-state index >= 15 is 0 Å². The molecule has 2 aliphatic rings. The molecular weight excluding hydrogens is 568 g/mol. The van der Waals surface area contributed by atoms with Crippen molar-refractivity contribution in [1.29, 1.82) is 0 Å². The lowest BCUT2D eigenvalue weighted by Gasteiger charge is -2.38. The van der Waals surface area contributed by atoms with Crippen LogP contribution < -0.4 is 14.8 Å². The van der Waals surface area contributed by atoms with Gasteiger partial charge in [-0.3, -0.25) is 19.1 Å². The molecule has 0 spiro atoms. The highest BCUT2D eigenvalue weighted by Crippen LogP contribution is 2.39. The lowest BCUT2D eigenvalue weighted by molar-refractivity contribution is 0.00710. The largest absolute Gasteiger partial charge is 0.496 e. The Bertz CT molecular complexity index is 1860. The van der Waals surface area contributed by atoms with E-state index in [1.165, 1.54) is 12.8 Å². The maximum atomic E-state index is 13.5. The van der Waals surface area contributed by atoms with Gasteiger partial charge in [0.1, 0.15) is 23.0 Å². The van der Waals surface area contributed by atoms with E-state index in [4.69, 9.17) is 19.2 Å². The molecule has 2 aromatic carbocycles. The second-order valence-electron chi connectivity index (χ2n) is 12.1. The molecule has 0 atom stereocenters. The van der Waals surface area contributed by atoms with Crippen molar-refractivity contribution in [3.05, 3.63) is 72.1 Å². The van der Waals surface area contributed by atoms with E-state index in [9.17, 15) is 4.79 Å². The number of amides is 1. The zero-order chi connectivity index (χ0) is 31.1. The SMILES string of the molecule is COc1cc(-c2nc([C@H]3CC[C@H](N4CCOCC4)CC3)n3ccnc(C)c23)ccc1NC(=O)c1cc2c(OC)cccc2n1C. The van der Waals surface area contributed by atoms with E-state index in [2.05, 4.69) is 19.6 Å². The molecule has 0 radical (unpaired) electrons. The standard InChI is InChI=1S/C35H40N6O4/c1-22-33-32(38-34(41(33)15-14-36-22)23-8-11-25(12-9-23)40-16-18-45-19-17-40)24-10-13-27(31(20-24)44-4)37-35(42)29-21-26-28(39(29)2)6-5-7-30(26)43-3/h5-7,10,13-15,20-21,23,25H,8-9,11-12,16-19H2,1-4H3,(H,37,42)/t23-,25-. The van der Waals surface area contributed by atoms with E-state index in [0.29, 0.717) is 29.1 Å². The summed E-state index contributed by atoms with van der Waals surface area (Å²) in [6.07, 6.45) is 8.45. The zero-order valence-corrected chi connectivity index (χ0v) is 26.4. The number of nitrogens with zero attached hydrogens (tertiary/aromatic N) is 5. The number of morpholine rings is 1. The molecule has 0 bridgehead atoms. The number of hydrogen-bond acceptors (Lipinski definition) is 7. The monoisotopic (exact) mass is 608 g/mol. The number of imidazole rings is 1. The molecule has 7 rings (SSSR count). The van der Waals surface area contributed by atoms with Gasteiger partial charge in [-0.2, -0.15) is 0 Å². The number of anilines is 1. The van der Waals surface area contributed by atoms with E-state index in [1.54, 1.807) is 14.2 Å². The molecular formula is C35H40N6O4. The second kappa shape index (κ2) is 12.2. The van der Waals surface area contributed by atoms with Crippen molar-refractivity contribution in [1.82, 2.24) is 23.8 Å². The minimum atomic E-state index is -0.232. The molecule has 10 nitrogen and oxygen atoms in total. The van der Waals surface area contributed by atoms with Gasteiger partial charge in [0.25, 0.3) is 5.91 Å². The van der Waals surface area contributed by atoms with Crippen LogP contribution in [-0.2, 0) is 11.8 Å². The van der Waals surface area contributed by atoms with Gasteiger partial charge in [0.15, 0.2) is 0 Å². The van der Waals surface area contributed by atoms with Crippen LogP contribution in [0.5, 0.6) is 11.5 Å². The molecule has 2 fully saturated rings. The summed E-state index contributed by atoms with van der Waals surface area (Å²) in [5.74, 6) is 2.53. The van der Waals surface area contributed by atoms with Crippen LogP contribution in [-0.4, -0.2) is 76.3 Å². The fourth-order valence-corrected chi connectivity index (χ4v) is 7.21. The number of fused-ring (bicyclic) bond motifs is 2. The molecule has 1 N–H and O–H groups in total. The number of aryl methyl sites for hydroxylation is 2. The molecule has 234 valence electrons. The fraction of sp³-hybridized carbons (Fsp3) is 0.400. The van der Waals surface area contributed by atoms with Crippen LogP contribution >= 0.6 is 0 Å². The number of rotatable bonds is 7. The first-order chi connectivity index (χ1) is 22.0. The average molecular weight is 609 g/mol. The number of ether oxygens (including phenoxy) is 3. The number of benzene rings is 2. The number of aromatic nitrogens is 4. The maximum absolute atomic E-state index is 13.5. The van der Waals surface area contributed by atoms with Gasteiger partial charge in [-0.1, -0.05) is 12.1 Å². The third-order valence-corrected chi connectivity index (χ3v) is 9.61. The summed E-state index contributed by atoms with van der Waals surface area (Å²) in [6, 6.07) is 14.1. The van der Waals surface area contributed by atoms with Gasteiger partial charge in [-0.05, 0) is 62.9 Å². The summed E-state index contributed by atoms with van der Waals surface area (Å²) in [5, 5.41) is 3.94. The van der Waals surface area contributed by atoms with Crippen LogP contribution in [0.2, 0.25) is 0 Å². The molecule has 0 unspecified atom stereocenters. The Morgan fingerprint density at radius 3 is 2.53 bits per heavy atom. The summed E-state index contributed by atoms with van der Waals surface area (Å²) in [5.41, 5.74) is 5.76. The van der Waals surface area contributed by atoms with E-state index in [-0.39, 0.29) is 5.91 Å². The Labute approximate surface area is 262 Å². The number of nitrogens with one attached hydrogen (secondary N) is 1. The summed E-state index contributed by atoms with van der Waals surface area (Å²) < 4.78 is 21.0. The van der Waals surface area contributed by atoms with Gasteiger partial charge in [0, 0.05) is 55.4 Å². The smallest absolute Gasteiger partial charge is 0.272 e. The predicted octanol–water partition coefficient (Wildman–Crippen LogP) is 5.82. The van der Waals surface area contributed by atoms with Crippen molar-refractivity contribution in [2.75, 3.05) is 45.8 Å². The van der Waals surface area contributed by atoms with Gasteiger partial charge in [0.05, 0.1) is 55.5 Å². The number of carbonyl (C=O) groups is 1. The van der Waals surface area contributed by atoms with Gasteiger partial charge in [0.2, 0.25) is 0 Å². The lowest BCUT2D eigenvalue weighted by atomic mass is 9.84. The second-order valence-corrected chi connectivity index (χ2v) is 12.1. The van der Waals surface area contributed by atoms with E-state index < -0.39 is 0 Å². The minimum absolute atomic E-state index is 0.232. The first-order valence-electron chi connectivity index (χ1n) is 15.7. The first kappa shape index (κ1) is 29.3. The van der Waals surface area contributed by atoms with Gasteiger partial charge in [-0.15, -0.1) is 0 Å². The van der Waals surface area contributed by atoms with Crippen LogP contribution in [0.25, 0.3) is 27.7 Å². The Kier molecular flexibility index (Phi) is 7.93. The Balaban J connectivity index is 1.17.